The van der Waals surface area contributed by atoms with Gasteiger partial charge in [0, 0.05) is 31.8 Å². The van der Waals surface area contributed by atoms with Gasteiger partial charge in [0.25, 0.3) is 5.91 Å². The fourth-order valence-electron chi connectivity index (χ4n) is 4.48. The Morgan fingerprint density at radius 3 is 2.38 bits per heavy atom. The molecule has 0 bridgehead atoms. The third-order valence-electron chi connectivity index (χ3n) is 6.36. The summed E-state index contributed by atoms with van der Waals surface area (Å²) in [6, 6.07) is 3.23. The highest BCUT2D eigenvalue weighted by Crippen LogP contribution is 2.36. The van der Waals surface area contributed by atoms with E-state index in [2.05, 4.69) is 25.7 Å². The van der Waals surface area contributed by atoms with Gasteiger partial charge < -0.3 is 15.0 Å². The van der Waals surface area contributed by atoms with Crippen LogP contribution in [0.1, 0.15) is 57.4 Å². The number of alkyl halides is 3. The number of aromatic nitrogens is 3. The molecule has 3 amide bonds. The van der Waals surface area contributed by atoms with Crippen LogP contribution in [0.15, 0.2) is 29.4 Å². The standard InChI is InChI=1S/C28H30F5N7O4S/c1-5-40-24(39-12-7-8-15(11-13-39)35-25(42)28(31,32)33)18(14-34-40)36-21(41)20-23(38-26(43)44-27(2,3)4)45-22(37-20)19-16(29)9-6-10-17(19)30/h6,9-10,14H,5,7-8,11-13H2,1-4H3,(H,36,41)(H,38,43). The predicted octanol–water partition coefficient (Wildman–Crippen LogP) is 6.42. The van der Waals surface area contributed by atoms with E-state index in [0.717, 1.165) is 12.1 Å². The number of aliphatic imine (C=N–C) groups is 1. The van der Waals surface area contributed by atoms with E-state index < -0.39 is 46.9 Å². The second-order valence-electron chi connectivity index (χ2n) is 10.9. The van der Waals surface area contributed by atoms with Crippen LogP contribution in [-0.2, 0) is 16.1 Å². The Hall–Kier alpha value is -4.41. The number of hydrogen-bond donors (Lipinski definition) is 2. The number of thiazole rings is 1. The summed E-state index contributed by atoms with van der Waals surface area (Å²) in [7, 11) is 0. The summed E-state index contributed by atoms with van der Waals surface area (Å²) in [6.45, 7) is 7.59. The highest BCUT2D eigenvalue weighted by Gasteiger charge is 2.39. The van der Waals surface area contributed by atoms with Gasteiger partial charge in [0.1, 0.15) is 32.9 Å². The molecule has 0 aliphatic carbocycles. The average molecular weight is 656 g/mol. The molecule has 2 aromatic heterocycles. The quantitative estimate of drug-likeness (QED) is 0.293. The number of aryl methyl sites for hydroxylation is 1. The van der Waals surface area contributed by atoms with E-state index in [1.54, 1.807) is 37.3 Å². The first kappa shape index (κ1) is 33.5. The van der Waals surface area contributed by atoms with Gasteiger partial charge in [-0.25, -0.2) is 28.2 Å². The molecular formula is C28H30F5N7O4S. The summed E-state index contributed by atoms with van der Waals surface area (Å²) in [5.74, 6) is -4.41. The first-order valence-corrected chi connectivity index (χ1v) is 14.6. The number of hydrogen-bond acceptors (Lipinski definition) is 8. The van der Waals surface area contributed by atoms with E-state index in [0.29, 0.717) is 36.7 Å². The third kappa shape index (κ3) is 8.20. The van der Waals surface area contributed by atoms with Gasteiger partial charge in [-0.3, -0.25) is 14.9 Å². The molecule has 1 saturated heterocycles. The topological polar surface area (TPSA) is 131 Å². The lowest BCUT2D eigenvalue weighted by Gasteiger charge is -2.24. The molecule has 1 aliphatic heterocycles. The molecule has 0 radical (unpaired) electrons. The zero-order valence-electron chi connectivity index (χ0n) is 24.7. The van der Waals surface area contributed by atoms with Crippen molar-refractivity contribution in [3.8, 4) is 10.6 Å². The first-order chi connectivity index (χ1) is 21.1. The number of ether oxygens (including phenoxy) is 1. The van der Waals surface area contributed by atoms with Crippen molar-refractivity contribution in [1.29, 1.82) is 0 Å². The molecule has 11 nitrogen and oxygen atoms in total. The maximum absolute atomic E-state index is 14.6. The van der Waals surface area contributed by atoms with E-state index >= 15 is 0 Å². The van der Waals surface area contributed by atoms with Crippen LogP contribution in [0.25, 0.3) is 10.6 Å². The van der Waals surface area contributed by atoms with E-state index in [1.165, 1.54) is 12.3 Å². The Bertz CT molecular complexity index is 1610. The zero-order valence-corrected chi connectivity index (χ0v) is 25.5. The monoisotopic (exact) mass is 655 g/mol. The summed E-state index contributed by atoms with van der Waals surface area (Å²) in [6.07, 6.45) is -4.01. The Morgan fingerprint density at radius 2 is 1.76 bits per heavy atom. The van der Waals surface area contributed by atoms with Crippen LogP contribution in [0.3, 0.4) is 0 Å². The lowest BCUT2D eigenvalue weighted by molar-refractivity contribution is -0.169. The van der Waals surface area contributed by atoms with Gasteiger partial charge >= 0.3 is 18.2 Å². The summed E-state index contributed by atoms with van der Waals surface area (Å²) >= 11 is 0.670. The molecule has 1 aliphatic rings. The minimum absolute atomic E-state index is 0.0672. The van der Waals surface area contributed by atoms with Crippen LogP contribution in [0.4, 0.5) is 43.3 Å². The number of carbonyl (C=O) groups excluding carboxylic acids is 3. The molecule has 242 valence electrons. The molecule has 1 aromatic carbocycles. The minimum atomic E-state index is -5.07. The summed E-state index contributed by atoms with van der Waals surface area (Å²) < 4.78 is 74.3. The van der Waals surface area contributed by atoms with Gasteiger partial charge in [0.15, 0.2) is 11.5 Å². The van der Waals surface area contributed by atoms with Crippen LogP contribution >= 0.6 is 11.3 Å². The second kappa shape index (κ2) is 13.3. The van der Waals surface area contributed by atoms with Crippen LogP contribution < -0.4 is 15.5 Å². The Morgan fingerprint density at radius 1 is 1.07 bits per heavy atom. The number of halogens is 5. The summed E-state index contributed by atoms with van der Waals surface area (Å²) in [4.78, 5) is 46.8. The van der Waals surface area contributed by atoms with Crippen LogP contribution in [0.5, 0.6) is 0 Å². The van der Waals surface area contributed by atoms with Crippen molar-refractivity contribution in [2.45, 2.75) is 65.3 Å². The van der Waals surface area contributed by atoms with Crippen LogP contribution in [0.2, 0.25) is 0 Å². The number of nitrogens with one attached hydrogen (secondary N) is 2. The maximum Gasteiger partial charge on any atom is 0.473 e. The Labute approximate surface area is 258 Å². The van der Waals surface area contributed by atoms with Crippen molar-refractivity contribution >= 4 is 51.5 Å². The highest BCUT2D eigenvalue weighted by atomic mass is 32.1. The lowest BCUT2D eigenvalue weighted by atomic mass is 10.2. The number of benzene rings is 1. The minimum Gasteiger partial charge on any atom is -0.444 e. The molecule has 3 aromatic rings. The van der Waals surface area contributed by atoms with E-state index in [-0.39, 0.29) is 46.5 Å². The van der Waals surface area contributed by atoms with Gasteiger partial charge in [-0.1, -0.05) is 17.4 Å². The van der Waals surface area contributed by atoms with E-state index in [9.17, 15) is 36.3 Å². The van der Waals surface area contributed by atoms with Crippen molar-refractivity contribution in [1.82, 2.24) is 14.8 Å². The molecule has 45 heavy (non-hydrogen) atoms. The van der Waals surface area contributed by atoms with Crippen LogP contribution in [-0.4, -0.2) is 63.3 Å². The largest absolute Gasteiger partial charge is 0.473 e. The number of nitrogens with zero attached hydrogens (tertiary/aromatic N) is 5. The second-order valence-corrected chi connectivity index (χ2v) is 11.9. The molecule has 1 fully saturated rings. The molecule has 0 spiro atoms. The van der Waals surface area contributed by atoms with E-state index in [4.69, 9.17) is 4.74 Å². The average Bonchev–Trinajstić information content (AvgIpc) is 3.44. The SMILES string of the molecule is CCn1ncc(NC(=O)c2nc(-c3c(F)cccc3F)sc2NC(=O)OC(C)(C)C)c1N1CCCC(=NC(=O)C(F)(F)F)CC1. The Kier molecular flexibility index (Phi) is 9.89. The van der Waals surface area contributed by atoms with Gasteiger partial charge in [0.05, 0.1) is 11.8 Å². The van der Waals surface area contributed by atoms with Crippen molar-refractivity contribution < 1.29 is 41.1 Å². The number of rotatable bonds is 6. The molecule has 0 unspecified atom stereocenters. The molecular weight excluding hydrogens is 625 g/mol. The smallest absolute Gasteiger partial charge is 0.444 e. The third-order valence-corrected chi connectivity index (χ3v) is 7.35. The summed E-state index contributed by atoms with van der Waals surface area (Å²) in [5, 5.41) is 9.07. The van der Waals surface area contributed by atoms with Gasteiger partial charge in [-0.05, 0) is 52.7 Å². The van der Waals surface area contributed by atoms with Crippen LogP contribution in [0, 0.1) is 11.6 Å². The van der Waals surface area contributed by atoms with E-state index in [1.807, 2.05) is 0 Å². The predicted molar refractivity (Wildman–Crippen MR) is 158 cm³/mol. The van der Waals surface area contributed by atoms with Crippen molar-refractivity contribution in [2.24, 2.45) is 4.99 Å². The van der Waals surface area contributed by atoms with Gasteiger partial charge in [0.2, 0.25) is 0 Å². The van der Waals surface area contributed by atoms with Crippen molar-refractivity contribution in [3.05, 3.63) is 41.7 Å². The summed E-state index contributed by atoms with van der Waals surface area (Å²) in [5.41, 5.74) is -1.40. The Balaban J connectivity index is 1.65. The first-order valence-electron chi connectivity index (χ1n) is 13.8. The molecule has 3 heterocycles. The van der Waals surface area contributed by atoms with Gasteiger partial charge in [-0.2, -0.15) is 18.3 Å². The number of anilines is 3. The van der Waals surface area contributed by atoms with Crippen molar-refractivity contribution in [3.63, 3.8) is 0 Å². The van der Waals surface area contributed by atoms with Crippen molar-refractivity contribution in [2.75, 3.05) is 28.6 Å². The highest BCUT2D eigenvalue weighted by molar-refractivity contribution is 7.19. The maximum atomic E-state index is 14.6. The number of amides is 3. The molecule has 2 N–H and O–H groups in total. The molecule has 0 saturated carbocycles. The molecule has 0 atom stereocenters. The van der Waals surface area contributed by atoms with Gasteiger partial charge in [-0.15, -0.1) is 0 Å². The fraction of sp³-hybridized carbons (Fsp3) is 0.429. The zero-order chi connectivity index (χ0) is 33.1. The molecule has 17 heteroatoms. The number of carbonyl (C=O) groups is 3. The molecule has 4 rings (SSSR count). The lowest BCUT2D eigenvalue weighted by Crippen LogP contribution is -2.29. The normalized spacial score (nSPS) is 15.1. The fourth-order valence-corrected chi connectivity index (χ4v) is 5.48.